The van der Waals surface area contributed by atoms with E-state index in [-0.39, 0.29) is 29.2 Å². The van der Waals surface area contributed by atoms with Gasteiger partial charge in [0.25, 0.3) is 11.8 Å². The zero-order chi connectivity index (χ0) is 24.8. The lowest BCUT2D eigenvalue weighted by molar-refractivity contribution is -0.136. The van der Waals surface area contributed by atoms with Crippen LogP contribution in [0.2, 0.25) is 0 Å². The molecule has 2 aromatic carbocycles. The fourth-order valence-electron chi connectivity index (χ4n) is 4.92. The van der Waals surface area contributed by atoms with Crippen LogP contribution in [-0.2, 0) is 4.79 Å². The summed E-state index contributed by atoms with van der Waals surface area (Å²) in [4.78, 5) is 42.9. The largest absolute Gasteiger partial charge is 0.497 e. The van der Waals surface area contributed by atoms with E-state index in [1.165, 1.54) is 19.2 Å². The van der Waals surface area contributed by atoms with E-state index in [9.17, 15) is 18.8 Å². The minimum Gasteiger partial charge on any atom is -0.497 e. The molecular formula is C27H32FN3O4. The first-order valence-corrected chi connectivity index (χ1v) is 12.3. The predicted molar refractivity (Wildman–Crippen MR) is 130 cm³/mol. The van der Waals surface area contributed by atoms with Crippen LogP contribution in [-0.4, -0.2) is 66.9 Å². The summed E-state index contributed by atoms with van der Waals surface area (Å²) in [6.07, 6.45) is 4.10. The first-order chi connectivity index (χ1) is 17.0. The number of likely N-dealkylation sites (tertiary alicyclic amines) is 2. The molecule has 0 spiro atoms. The highest BCUT2D eigenvalue weighted by Gasteiger charge is 2.37. The van der Waals surface area contributed by atoms with E-state index >= 15 is 0 Å². The van der Waals surface area contributed by atoms with Gasteiger partial charge in [0.15, 0.2) is 0 Å². The summed E-state index contributed by atoms with van der Waals surface area (Å²) in [6, 6.07) is 12.1. The van der Waals surface area contributed by atoms with Gasteiger partial charge in [0.05, 0.1) is 12.7 Å². The number of nitrogens with zero attached hydrogens (tertiary/aromatic N) is 2. The van der Waals surface area contributed by atoms with Crippen molar-refractivity contribution in [1.29, 1.82) is 0 Å². The molecule has 4 rings (SSSR count). The maximum atomic E-state index is 14.1. The SMILES string of the molecule is COc1cccc(C(=O)N[C@@H](C(=O)N2CCCCC2)C2CCN(C(=O)c3ccccc3F)CC2)c1. The molecule has 0 aromatic heterocycles. The molecule has 186 valence electrons. The number of nitrogens with one attached hydrogen (secondary N) is 1. The molecule has 2 heterocycles. The average Bonchev–Trinajstić information content (AvgIpc) is 2.91. The van der Waals surface area contributed by atoms with Crippen LogP contribution in [0.4, 0.5) is 4.39 Å². The number of methoxy groups -OCH3 is 1. The number of carbonyl (C=O) groups excluding carboxylic acids is 3. The normalized spacial score (nSPS) is 17.5. The molecule has 0 aliphatic carbocycles. The number of piperidine rings is 2. The quantitative estimate of drug-likeness (QED) is 0.685. The maximum absolute atomic E-state index is 14.1. The Kier molecular flexibility index (Phi) is 8.00. The van der Waals surface area contributed by atoms with Crippen LogP contribution in [0, 0.1) is 11.7 Å². The van der Waals surface area contributed by atoms with Gasteiger partial charge in [0, 0.05) is 31.7 Å². The standard InChI is InChI=1S/C27H32FN3O4/c1-35-21-9-7-8-20(18-21)25(32)29-24(27(34)30-14-5-2-6-15-30)19-12-16-31(17-13-19)26(33)22-10-3-4-11-23(22)28/h3-4,7-11,18-19,24H,2,5-6,12-17H2,1H3,(H,29,32)/t24-/m1/s1. The van der Waals surface area contributed by atoms with E-state index in [1.54, 1.807) is 41.3 Å². The van der Waals surface area contributed by atoms with Crippen molar-refractivity contribution < 1.29 is 23.5 Å². The van der Waals surface area contributed by atoms with Crippen molar-refractivity contribution in [2.75, 3.05) is 33.3 Å². The highest BCUT2D eigenvalue weighted by atomic mass is 19.1. The zero-order valence-corrected chi connectivity index (χ0v) is 20.0. The fourth-order valence-corrected chi connectivity index (χ4v) is 4.92. The van der Waals surface area contributed by atoms with Gasteiger partial charge in [-0.25, -0.2) is 4.39 Å². The zero-order valence-electron chi connectivity index (χ0n) is 20.0. The van der Waals surface area contributed by atoms with Gasteiger partial charge in [-0.1, -0.05) is 18.2 Å². The molecule has 0 radical (unpaired) electrons. The van der Waals surface area contributed by atoms with Gasteiger partial charge in [-0.15, -0.1) is 0 Å². The van der Waals surface area contributed by atoms with Crippen molar-refractivity contribution in [1.82, 2.24) is 15.1 Å². The molecule has 8 heteroatoms. The number of hydrogen-bond donors (Lipinski definition) is 1. The first kappa shape index (κ1) is 24.7. The monoisotopic (exact) mass is 481 g/mol. The second-order valence-corrected chi connectivity index (χ2v) is 9.18. The fraction of sp³-hybridized carbons (Fsp3) is 0.444. The highest BCUT2D eigenvalue weighted by Crippen LogP contribution is 2.25. The van der Waals surface area contributed by atoms with Gasteiger partial charge >= 0.3 is 0 Å². The smallest absolute Gasteiger partial charge is 0.256 e. The molecule has 2 aliphatic rings. The Bertz CT molecular complexity index is 1060. The molecule has 1 atom stereocenters. The number of ether oxygens (including phenoxy) is 1. The summed E-state index contributed by atoms with van der Waals surface area (Å²) in [7, 11) is 1.54. The molecular weight excluding hydrogens is 449 g/mol. The Morgan fingerprint density at radius 3 is 2.34 bits per heavy atom. The topological polar surface area (TPSA) is 79.0 Å². The summed E-state index contributed by atoms with van der Waals surface area (Å²) < 4.78 is 19.3. The molecule has 2 saturated heterocycles. The van der Waals surface area contributed by atoms with Crippen molar-refractivity contribution >= 4 is 17.7 Å². The maximum Gasteiger partial charge on any atom is 0.256 e. The summed E-state index contributed by atoms with van der Waals surface area (Å²) in [5.41, 5.74) is 0.478. The molecule has 0 unspecified atom stereocenters. The molecule has 2 aromatic rings. The number of hydrogen-bond acceptors (Lipinski definition) is 4. The molecule has 3 amide bonds. The first-order valence-electron chi connectivity index (χ1n) is 12.3. The van der Waals surface area contributed by atoms with Crippen molar-refractivity contribution in [3.63, 3.8) is 0 Å². The lowest BCUT2D eigenvalue weighted by Gasteiger charge is -2.38. The molecule has 2 fully saturated rings. The minimum atomic E-state index is -0.683. The molecule has 7 nitrogen and oxygen atoms in total. The van der Waals surface area contributed by atoms with E-state index < -0.39 is 11.9 Å². The average molecular weight is 482 g/mol. The third kappa shape index (κ3) is 5.81. The van der Waals surface area contributed by atoms with Crippen molar-refractivity contribution in [2.45, 2.75) is 38.1 Å². The minimum absolute atomic E-state index is 0.0539. The van der Waals surface area contributed by atoms with Crippen LogP contribution in [0.25, 0.3) is 0 Å². The third-order valence-electron chi connectivity index (χ3n) is 6.95. The van der Waals surface area contributed by atoms with Crippen LogP contribution in [0.3, 0.4) is 0 Å². The Balaban J connectivity index is 1.48. The van der Waals surface area contributed by atoms with Gasteiger partial charge in [-0.2, -0.15) is 0 Å². The summed E-state index contributed by atoms with van der Waals surface area (Å²) in [5, 5.41) is 2.99. The van der Waals surface area contributed by atoms with E-state index in [0.717, 1.165) is 19.3 Å². The Morgan fingerprint density at radius 1 is 0.943 bits per heavy atom. The molecule has 1 N–H and O–H groups in total. The Labute approximate surface area is 205 Å². The number of rotatable bonds is 6. The van der Waals surface area contributed by atoms with Crippen molar-refractivity contribution in [3.05, 3.63) is 65.5 Å². The second-order valence-electron chi connectivity index (χ2n) is 9.18. The number of amides is 3. The van der Waals surface area contributed by atoms with Gasteiger partial charge in [-0.05, 0) is 68.4 Å². The number of benzene rings is 2. The highest BCUT2D eigenvalue weighted by molar-refractivity contribution is 5.98. The third-order valence-corrected chi connectivity index (χ3v) is 6.95. The van der Waals surface area contributed by atoms with Gasteiger partial charge in [0.2, 0.25) is 5.91 Å². The summed E-state index contributed by atoms with van der Waals surface area (Å²) >= 11 is 0. The van der Waals surface area contributed by atoms with Crippen LogP contribution >= 0.6 is 0 Å². The van der Waals surface area contributed by atoms with E-state index in [4.69, 9.17) is 4.74 Å². The molecule has 2 aliphatic heterocycles. The number of carbonyl (C=O) groups is 3. The summed E-state index contributed by atoms with van der Waals surface area (Å²) in [6.45, 7) is 2.18. The van der Waals surface area contributed by atoms with Crippen LogP contribution in [0.1, 0.15) is 52.8 Å². The lowest BCUT2D eigenvalue weighted by Crippen LogP contribution is -2.55. The van der Waals surface area contributed by atoms with E-state index in [0.29, 0.717) is 50.3 Å². The summed E-state index contributed by atoms with van der Waals surface area (Å²) in [5.74, 6) is -0.840. The van der Waals surface area contributed by atoms with Gasteiger partial charge < -0.3 is 19.9 Å². The van der Waals surface area contributed by atoms with Crippen molar-refractivity contribution in [2.24, 2.45) is 5.92 Å². The van der Waals surface area contributed by atoms with Gasteiger partial charge in [0.1, 0.15) is 17.6 Å². The van der Waals surface area contributed by atoms with Crippen molar-refractivity contribution in [3.8, 4) is 5.75 Å². The van der Waals surface area contributed by atoms with E-state index in [2.05, 4.69) is 5.32 Å². The van der Waals surface area contributed by atoms with Crippen LogP contribution in [0.15, 0.2) is 48.5 Å². The molecule has 0 saturated carbocycles. The Morgan fingerprint density at radius 2 is 1.66 bits per heavy atom. The van der Waals surface area contributed by atoms with Crippen LogP contribution in [0.5, 0.6) is 5.75 Å². The van der Waals surface area contributed by atoms with Crippen LogP contribution < -0.4 is 10.1 Å². The van der Waals surface area contributed by atoms with Gasteiger partial charge in [-0.3, -0.25) is 14.4 Å². The Hall–Kier alpha value is -3.42. The predicted octanol–water partition coefficient (Wildman–Crippen LogP) is 3.50. The molecule has 0 bridgehead atoms. The second kappa shape index (κ2) is 11.3. The number of halogens is 1. The lowest BCUT2D eigenvalue weighted by atomic mass is 9.87. The molecule has 35 heavy (non-hydrogen) atoms. The van der Waals surface area contributed by atoms with E-state index in [1.807, 2.05) is 4.90 Å².